The van der Waals surface area contributed by atoms with Crippen LogP contribution in [0, 0.1) is 23.7 Å². The van der Waals surface area contributed by atoms with Crippen molar-refractivity contribution in [2.75, 3.05) is 0 Å². The van der Waals surface area contributed by atoms with Crippen molar-refractivity contribution in [1.29, 1.82) is 0 Å². The van der Waals surface area contributed by atoms with Crippen molar-refractivity contribution >= 4 is 44.9 Å². The zero-order valence-electron chi connectivity index (χ0n) is 16.9. The monoisotopic (exact) mass is 364 g/mol. The predicted octanol–water partition coefficient (Wildman–Crippen LogP) is 4.40. The summed E-state index contributed by atoms with van der Waals surface area (Å²) in [6.45, 7) is 9.38. The molecule has 4 rings (SSSR count). The molecule has 2 nitrogen and oxygen atoms in total. The molecule has 0 spiro atoms. The SMILES string of the molecule is CC#CCn1c(=C/C)/c(=C\C)c2ccc3c4ccccc4n(CC#CC)c3c21. The first kappa shape index (κ1) is 18.0. The first-order chi connectivity index (χ1) is 13.8. The molecule has 0 saturated heterocycles. The molecular weight excluding hydrogens is 340 g/mol. The van der Waals surface area contributed by atoms with Gasteiger partial charge in [-0.2, -0.15) is 0 Å². The molecule has 28 heavy (non-hydrogen) atoms. The summed E-state index contributed by atoms with van der Waals surface area (Å²) in [4.78, 5) is 0. The van der Waals surface area contributed by atoms with Crippen LogP contribution in [0.2, 0.25) is 0 Å². The maximum absolute atomic E-state index is 3.27. The summed E-state index contributed by atoms with van der Waals surface area (Å²) in [5.41, 5.74) is 3.72. The molecule has 0 aliphatic heterocycles. The van der Waals surface area contributed by atoms with Gasteiger partial charge in [-0.15, -0.1) is 11.8 Å². The molecule has 0 saturated carbocycles. The van der Waals surface area contributed by atoms with Crippen LogP contribution >= 0.6 is 0 Å². The van der Waals surface area contributed by atoms with Crippen molar-refractivity contribution in [1.82, 2.24) is 9.13 Å². The predicted molar refractivity (Wildman–Crippen MR) is 121 cm³/mol. The number of hydrogen-bond acceptors (Lipinski definition) is 0. The minimum Gasteiger partial charge on any atom is -0.327 e. The van der Waals surface area contributed by atoms with E-state index in [4.69, 9.17) is 0 Å². The molecule has 0 aliphatic carbocycles. The maximum Gasteiger partial charge on any atom is 0.0844 e. The van der Waals surface area contributed by atoms with Crippen LogP contribution in [0.15, 0.2) is 36.4 Å². The van der Waals surface area contributed by atoms with Crippen molar-refractivity contribution < 1.29 is 0 Å². The maximum atomic E-state index is 3.27. The number of aromatic nitrogens is 2. The fraction of sp³-hybridized carbons (Fsp3) is 0.231. The van der Waals surface area contributed by atoms with Crippen molar-refractivity contribution in [3.05, 3.63) is 47.0 Å². The van der Waals surface area contributed by atoms with Crippen molar-refractivity contribution in [2.45, 2.75) is 40.8 Å². The highest BCUT2D eigenvalue weighted by Gasteiger charge is 2.17. The first-order valence-corrected chi connectivity index (χ1v) is 9.70. The molecule has 0 unspecified atom stereocenters. The highest BCUT2D eigenvalue weighted by molar-refractivity contribution is 6.17. The fourth-order valence-electron chi connectivity index (χ4n) is 4.28. The van der Waals surface area contributed by atoms with Gasteiger partial charge in [0.1, 0.15) is 0 Å². The van der Waals surface area contributed by atoms with Gasteiger partial charge in [0, 0.05) is 26.7 Å². The van der Waals surface area contributed by atoms with Gasteiger partial charge in [-0.25, -0.2) is 0 Å². The molecule has 0 amide bonds. The van der Waals surface area contributed by atoms with Gasteiger partial charge in [0.2, 0.25) is 0 Å². The normalized spacial score (nSPS) is 12.4. The van der Waals surface area contributed by atoms with Gasteiger partial charge in [-0.1, -0.05) is 54.3 Å². The molecule has 0 atom stereocenters. The van der Waals surface area contributed by atoms with Crippen LogP contribution < -0.4 is 10.6 Å². The Morgan fingerprint density at radius 3 is 2.07 bits per heavy atom. The Balaban J connectivity index is 2.33. The van der Waals surface area contributed by atoms with Gasteiger partial charge < -0.3 is 9.13 Å². The molecule has 4 aromatic rings. The summed E-state index contributed by atoms with van der Waals surface area (Å²) < 4.78 is 4.72. The molecule has 2 heterocycles. The summed E-state index contributed by atoms with van der Waals surface area (Å²) in [6, 6.07) is 13.1. The van der Waals surface area contributed by atoms with Crippen LogP contribution in [0.3, 0.4) is 0 Å². The molecule has 138 valence electrons. The van der Waals surface area contributed by atoms with Crippen molar-refractivity contribution in [3.63, 3.8) is 0 Å². The van der Waals surface area contributed by atoms with Gasteiger partial charge in [-0.3, -0.25) is 0 Å². The molecule has 2 aromatic carbocycles. The number of benzene rings is 2. The van der Waals surface area contributed by atoms with E-state index in [2.05, 4.69) is 95.2 Å². The molecule has 0 bridgehead atoms. The van der Waals surface area contributed by atoms with Crippen LogP contribution in [0.1, 0.15) is 27.7 Å². The smallest absolute Gasteiger partial charge is 0.0844 e. The zero-order valence-corrected chi connectivity index (χ0v) is 16.9. The van der Waals surface area contributed by atoms with E-state index in [0.717, 1.165) is 0 Å². The Kier molecular flexibility index (Phi) is 4.72. The molecule has 0 N–H and O–H groups in total. The number of rotatable bonds is 2. The minimum atomic E-state index is 0.681. The van der Waals surface area contributed by atoms with E-state index < -0.39 is 0 Å². The van der Waals surface area contributed by atoms with Crippen LogP contribution in [0.25, 0.3) is 44.9 Å². The van der Waals surface area contributed by atoms with E-state index in [-0.39, 0.29) is 0 Å². The summed E-state index contributed by atoms with van der Waals surface area (Å²) in [5, 5.41) is 6.32. The van der Waals surface area contributed by atoms with Crippen LogP contribution in [-0.2, 0) is 13.1 Å². The van der Waals surface area contributed by atoms with Gasteiger partial charge in [0.25, 0.3) is 0 Å². The van der Waals surface area contributed by atoms with Gasteiger partial charge in [-0.05, 0) is 33.8 Å². The molecule has 2 heteroatoms. The van der Waals surface area contributed by atoms with Crippen LogP contribution in [-0.4, -0.2) is 9.13 Å². The number of para-hydroxylation sites is 1. The lowest BCUT2D eigenvalue weighted by atomic mass is 10.1. The molecule has 0 fully saturated rings. The lowest BCUT2D eigenvalue weighted by Gasteiger charge is -2.07. The standard InChI is InChI=1S/C26H24N2/c1-5-9-17-27-23(8-4)19(7-3)21-15-16-22-20-13-11-12-14-24(20)28(18-10-6-2)26(22)25(21)27/h7-8,11-16H,17-18H2,1-4H3/b19-7-,23-8+. The third kappa shape index (κ3) is 2.54. The number of fused-ring (bicyclic) bond motifs is 5. The summed E-state index contributed by atoms with van der Waals surface area (Å²) in [7, 11) is 0. The van der Waals surface area contributed by atoms with E-state index in [0.29, 0.717) is 13.1 Å². The van der Waals surface area contributed by atoms with E-state index in [1.165, 1.54) is 43.3 Å². The zero-order chi connectivity index (χ0) is 19.7. The molecule has 0 aliphatic rings. The Morgan fingerprint density at radius 1 is 0.750 bits per heavy atom. The lowest BCUT2D eigenvalue weighted by Crippen LogP contribution is -2.28. The van der Waals surface area contributed by atoms with Crippen LogP contribution in [0.5, 0.6) is 0 Å². The number of nitrogens with zero attached hydrogens (tertiary/aromatic N) is 2. The second kappa shape index (κ2) is 7.34. The topological polar surface area (TPSA) is 9.86 Å². The average molecular weight is 364 g/mol. The highest BCUT2D eigenvalue weighted by atomic mass is 15.0. The van der Waals surface area contributed by atoms with Crippen molar-refractivity contribution in [2.24, 2.45) is 0 Å². The molecular formula is C26H24N2. The van der Waals surface area contributed by atoms with E-state index in [9.17, 15) is 0 Å². The van der Waals surface area contributed by atoms with E-state index >= 15 is 0 Å². The van der Waals surface area contributed by atoms with Gasteiger partial charge in [0.15, 0.2) is 0 Å². The molecule has 2 aromatic heterocycles. The third-order valence-corrected chi connectivity index (χ3v) is 5.42. The summed E-state index contributed by atoms with van der Waals surface area (Å²) in [5.74, 6) is 12.7. The van der Waals surface area contributed by atoms with Gasteiger partial charge in [0.05, 0.1) is 29.6 Å². The second-order valence-electron chi connectivity index (χ2n) is 6.78. The Labute approximate surface area is 165 Å². The van der Waals surface area contributed by atoms with E-state index in [1.54, 1.807) is 0 Å². The third-order valence-electron chi connectivity index (χ3n) is 5.42. The minimum absolute atomic E-state index is 0.681. The largest absolute Gasteiger partial charge is 0.327 e. The Hall–Kier alpha value is -3.36. The number of hydrogen-bond donors (Lipinski definition) is 0. The second-order valence-corrected chi connectivity index (χ2v) is 6.78. The summed E-state index contributed by atoms with van der Waals surface area (Å²) >= 11 is 0. The Morgan fingerprint density at radius 2 is 1.39 bits per heavy atom. The quantitative estimate of drug-likeness (QED) is 0.467. The fourth-order valence-corrected chi connectivity index (χ4v) is 4.28. The van der Waals surface area contributed by atoms with Crippen LogP contribution in [0.4, 0.5) is 0 Å². The molecule has 0 radical (unpaired) electrons. The van der Waals surface area contributed by atoms with Gasteiger partial charge >= 0.3 is 0 Å². The average Bonchev–Trinajstić information content (AvgIpc) is 3.22. The van der Waals surface area contributed by atoms with E-state index in [1.807, 2.05) is 13.8 Å². The lowest BCUT2D eigenvalue weighted by molar-refractivity contribution is 0.844. The van der Waals surface area contributed by atoms with Crippen molar-refractivity contribution in [3.8, 4) is 23.7 Å². The summed E-state index contributed by atoms with van der Waals surface area (Å²) in [6.07, 6.45) is 4.40. The highest BCUT2D eigenvalue weighted by Crippen LogP contribution is 2.33. The first-order valence-electron chi connectivity index (χ1n) is 9.70. The Bertz CT molecular complexity index is 1450.